The smallest absolute Gasteiger partial charge is 0.188 e. The first-order valence-electron chi connectivity index (χ1n) is 10.6. The van der Waals surface area contributed by atoms with E-state index in [2.05, 4.69) is 78.9 Å². The number of hydrogen-bond acceptors (Lipinski definition) is 4. The maximum atomic E-state index is 6.01. The zero-order valence-corrected chi connectivity index (χ0v) is 18.2. The van der Waals surface area contributed by atoms with Crippen LogP contribution in [0.2, 0.25) is 0 Å². The molecule has 0 saturated carbocycles. The maximum Gasteiger partial charge on any atom is 0.188 e. The minimum Gasteiger partial charge on any atom is -0.478 e. The average molecular weight is 428 g/mol. The summed E-state index contributed by atoms with van der Waals surface area (Å²) in [5.41, 5.74) is 2.41. The van der Waals surface area contributed by atoms with Crippen LogP contribution in [0.25, 0.3) is 0 Å². The Kier molecular flexibility index (Phi) is 6.08. The fourth-order valence-corrected chi connectivity index (χ4v) is 5.99. The Morgan fingerprint density at radius 1 is 0.613 bits per heavy atom. The van der Waals surface area contributed by atoms with E-state index in [0.717, 1.165) is 24.1 Å². The van der Waals surface area contributed by atoms with Gasteiger partial charge < -0.3 is 9.47 Å². The van der Waals surface area contributed by atoms with Gasteiger partial charge in [-0.1, -0.05) is 98.9 Å². The summed E-state index contributed by atoms with van der Waals surface area (Å²) in [6.45, 7) is 1.23. The van der Waals surface area contributed by atoms with Gasteiger partial charge in [0.1, 0.15) is 25.3 Å². The minimum absolute atomic E-state index is 0.0892. The van der Waals surface area contributed by atoms with E-state index >= 15 is 0 Å². The van der Waals surface area contributed by atoms with Crippen LogP contribution in [-0.2, 0) is 9.47 Å². The van der Waals surface area contributed by atoms with Crippen LogP contribution in [0.5, 0.6) is 0 Å². The van der Waals surface area contributed by atoms with E-state index in [4.69, 9.17) is 19.5 Å². The molecule has 156 valence electrons. The summed E-state index contributed by atoms with van der Waals surface area (Å²) in [5.74, 6) is 1.70. The van der Waals surface area contributed by atoms with E-state index in [9.17, 15) is 0 Å². The molecule has 3 aromatic carbocycles. The van der Waals surface area contributed by atoms with Gasteiger partial charge in [0.05, 0.1) is 0 Å². The van der Waals surface area contributed by atoms with E-state index in [-0.39, 0.29) is 12.1 Å². The molecule has 0 amide bonds. The third-order valence-electron chi connectivity index (χ3n) is 5.56. The Balaban J connectivity index is 1.33. The van der Waals surface area contributed by atoms with Crippen LogP contribution in [-0.4, -0.2) is 37.3 Å². The van der Waals surface area contributed by atoms with Crippen molar-refractivity contribution in [3.05, 3.63) is 102 Å². The number of ether oxygens (including phenoxy) is 2. The molecule has 2 aliphatic rings. The lowest BCUT2D eigenvalue weighted by Crippen LogP contribution is -2.17. The molecule has 5 heteroatoms. The maximum absolute atomic E-state index is 6.01. The lowest BCUT2D eigenvalue weighted by atomic mass is 10.1. The van der Waals surface area contributed by atoms with Crippen LogP contribution in [0, 0.1) is 0 Å². The highest BCUT2D eigenvalue weighted by atomic mass is 31.1. The normalized spacial score (nSPS) is 20.2. The van der Waals surface area contributed by atoms with Gasteiger partial charge in [0.25, 0.3) is 0 Å². The highest BCUT2D eigenvalue weighted by Gasteiger charge is 2.27. The van der Waals surface area contributed by atoms with Gasteiger partial charge in [-0.25, -0.2) is 9.98 Å². The highest BCUT2D eigenvalue weighted by Crippen LogP contribution is 2.38. The van der Waals surface area contributed by atoms with E-state index in [1.54, 1.807) is 0 Å². The molecule has 0 N–H and O–H groups in total. The third-order valence-corrected chi connectivity index (χ3v) is 7.89. The monoisotopic (exact) mass is 428 g/mol. The number of nitrogens with zero attached hydrogens (tertiary/aromatic N) is 2. The number of aliphatic imine (C=N–C) groups is 2. The SMILES string of the molecule is c1ccc([C@@H]2COC(CP(CC3=N[C@H](c4ccccc4)CO3)c3ccccc3)=N2)cc1. The molecule has 2 aliphatic heterocycles. The molecule has 0 radical (unpaired) electrons. The van der Waals surface area contributed by atoms with Crippen molar-refractivity contribution in [3.63, 3.8) is 0 Å². The third kappa shape index (κ3) is 4.86. The molecule has 5 rings (SSSR count). The standard InChI is InChI=1S/C26H25N2O2P/c1-4-10-20(11-5-1)23-16-29-25(27-23)18-31(22-14-8-3-9-15-22)19-26-28-24(17-30-26)21-12-6-2-7-13-21/h1-15,23-24H,16-19H2/t23-,24-/m0/s1. The van der Waals surface area contributed by atoms with Crippen molar-refractivity contribution >= 4 is 25.0 Å². The molecule has 31 heavy (non-hydrogen) atoms. The molecule has 0 unspecified atom stereocenters. The molecule has 2 heterocycles. The summed E-state index contributed by atoms with van der Waals surface area (Å²) in [4.78, 5) is 9.78. The largest absolute Gasteiger partial charge is 0.478 e. The molecule has 0 aromatic heterocycles. The van der Waals surface area contributed by atoms with Gasteiger partial charge >= 0.3 is 0 Å². The quantitative estimate of drug-likeness (QED) is 0.490. The first-order valence-corrected chi connectivity index (χ1v) is 12.4. The van der Waals surface area contributed by atoms with Gasteiger partial charge in [-0.05, 0) is 16.4 Å². The Hall–Kier alpha value is -2.97. The van der Waals surface area contributed by atoms with Crippen LogP contribution in [0.4, 0.5) is 0 Å². The van der Waals surface area contributed by atoms with E-state index < -0.39 is 7.92 Å². The van der Waals surface area contributed by atoms with Gasteiger partial charge in [-0.2, -0.15) is 0 Å². The number of rotatable bonds is 7. The topological polar surface area (TPSA) is 43.2 Å². The fourth-order valence-electron chi connectivity index (χ4n) is 3.92. The molecule has 0 bridgehead atoms. The molecular formula is C26H25N2O2P. The van der Waals surface area contributed by atoms with Gasteiger partial charge in [0.15, 0.2) is 11.8 Å². The van der Waals surface area contributed by atoms with Crippen LogP contribution in [0.15, 0.2) is 101 Å². The van der Waals surface area contributed by atoms with Crippen LogP contribution in [0.3, 0.4) is 0 Å². The Morgan fingerprint density at radius 3 is 1.48 bits per heavy atom. The predicted octanol–water partition coefficient (Wildman–Crippen LogP) is 5.13. The second-order valence-corrected chi connectivity index (χ2v) is 9.94. The summed E-state index contributed by atoms with van der Waals surface area (Å²) in [5, 5.41) is 1.32. The lowest BCUT2D eigenvalue weighted by molar-refractivity contribution is 0.316. The average Bonchev–Trinajstić information content (AvgIpc) is 3.50. The first-order chi connectivity index (χ1) is 15.3. The van der Waals surface area contributed by atoms with E-state index in [0.29, 0.717) is 13.2 Å². The molecule has 4 nitrogen and oxygen atoms in total. The second-order valence-electron chi connectivity index (χ2n) is 7.71. The Morgan fingerprint density at radius 2 is 1.03 bits per heavy atom. The van der Waals surface area contributed by atoms with Gasteiger partial charge in [-0.3, -0.25) is 0 Å². The second kappa shape index (κ2) is 9.45. The van der Waals surface area contributed by atoms with Crippen molar-refractivity contribution < 1.29 is 9.47 Å². The van der Waals surface area contributed by atoms with Gasteiger partial charge in [0.2, 0.25) is 0 Å². The fraction of sp³-hybridized carbons (Fsp3) is 0.231. The zero-order chi connectivity index (χ0) is 20.9. The van der Waals surface area contributed by atoms with Crippen molar-refractivity contribution in [2.75, 3.05) is 25.5 Å². The van der Waals surface area contributed by atoms with Crippen LogP contribution in [0.1, 0.15) is 23.2 Å². The van der Waals surface area contributed by atoms with Crippen LogP contribution < -0.4 is 5.30 Å². The lowest BCUT2D eigenvalue weighted by Gasteiger charge is -2.17. The summed E-state index contributed by atoms with van der Waals surface area (Å²) < 4.78 is 12.0. The van der Waals surface area contributed by atoms with Crippen molar-refractivity contribution in [2.24, 2.45) is 9.98 Å². The van der Waals surface area contributed by atoms with Gasteiger partial charge in [0, 0.05) is 12.3 Å². The highest BCUT2D eigenvalue weighted by molar-refractivity contribution is 7.67. The van der Waals surface area contributed by atoms with Crippen molar-refractivity contribution in [2.45, 2.75) is 12.1 Å². The zero-order valence-electron chi connectivity index (χ0n) is 17.3. The molecule has 0 saturated heterocycles. The molecule has 0 fully saturated rings. The molecule has 0 spiro atoms. The van der Waals surface area contributed by atoms with Crippen molar-refractivity contribution in [1.82, 2.24) is 0 Å². The molecular weight excluding hydrogens is 403 g/mol. The number of hydrogen-bond donors (Lipinski definition) is 0. The van der Waals surface area contributed by atoms with Crippen LogP contribution >= 0.6 is 7.92 Å². The summed E-state index contributed by atoms with van der Waals surface area (Å²) in [6, 6.07) is 31.6. The van der Waals surface area contributed by atoms with Gasteiger partial charge in [-0.15, -0.1) is 0 Å². The Bertz CT molecular complexity index is 987. The molecule has 3 aromatic rings. The summed E-state index contributed by atoms with van der Waals surface area (Å²) in [6.07, 6.45) is 1.61. The van der Waals surface area contributed by atoms with Crippen molar-refractivity contribution in [3.8, 4) is 0 Å². The minimum atomic E-state index is -0.565. The van der Waals surface area contributed by atoms with Crippen molar-refractivity contribution in [1.29, 1.82) is 0 Å². The van der Waals surface area contributed by atoms with E-state index in [1.165, 1.54) is 16.4 Å². The molecule has 0 aliphatic carbocycles. The predicted molar refractivity (Wildman–Crippen MR) is 128 cm³/mol. The Labute approximate surface area is 184 Å². The molecule has 2 atom stereocenters. The van der Waals surface area contributed by atoms with E-state index in [1.807, 2.05) is 12.1 Å². The number of benzene rings is 3. The summed E-state index contributed by atoms with van der Waals surface area (Å²) in [7, 11) is -0.565. The first kappa shape index (κ1) is 20.0. The summed E-state index contributed by atoms with van der Waals surface area (Å²) >= 11 is 0.